The number of hydrogen-bond donors (Lipinski definition) is 1. The van der Waals surface area contributed by atoms with E-state index in [1.165, 1.54) is 12.0 Å². The molecule has 0 unspecified atom stereocenters. The Labute approximate surface area is 82.6 Å². The van der Waals surface area contributed by atoms with E-state index in [0.717, 1.165) is 0 Å². The van der Waals surface area contributed by atoms with Crippen molar-refractivity contribution in [2.24, 2.45) is 0 Å². The summed E-state index contributed by atoms with van der Waals surface area (Å²) in [5.41, 5.74) is -0.715. The average Bonchev–Trinajstić information content (AvgIpc) is 2.15. The van der Waals surface area contributed by atoms with Crippen LogP contribution in [0.15, 0.2) is 0 Å². The SMILES string of the molecule is COC(=O)C(=O)N1CCC(C)(O)CC1. The summed E-state index contributed by atoms with van der Waals surface area (Å²) in [7, 11) is 1.18. The van der Waals surface area contributed by atoms with Gasteiger partial charge in [0.05, 0.1) is 12.7 Å². The summed E-state index contributed by atoms with van der Waals surface area (Å²) in [6.45, 7) is 2.54. The van der Waals surface area contributed by atoms with Crippen molar-refractivity contribution in [3.8, 4) is 0 Å². The lowest BCUT2D eigenvalue weighted by Gasteiger charge is -2.35. The van der Waals surface area contributed by atoms with Gasteiger partial charge in [-0.25, -0.2) is 4.79 Å². The van der Waals surface area contributed by atoms with Crippen LogP contribution in [0, 0.1) is 0 Å². The van der Waals surface area contributed by atoms with E-state index in [0.29, 0.717) is 25.9 Å². The average molecular weight is 201 g/mol. The van der Waals surface area contributed by atoms with E-state index in [2.05, 4.69) is 4.74 Å². The molecule has 5 nitrogen and oxygen atoms in total. The predicted octanol–water partition coefficient (Wildman–Crippen LogP) is -0.467. The Morgan fingerprint density at radius 3 is 2.29 bits per heavy atom. The quantitative estimate of drug-likeness (QED) is 0.425. The third-order valence-electron chi connectivity index (χ3n) is 2.49. The lowest BCUT2D eigenvalue weighted by molar-refractivity contribution is -0.160. The van der Waals surface area contributed by atoms with E-state index in [-0.39, 0.29) is 0 Å². The second-order valence-electron chi connectivity index (χ2n) is 3.78. The van der Waals surface area contributed by atoms with E-state index < -0.39 is 17.5 Å². The minimum atomic E-state index is -0.841. The number of aliphatic hydroxyl groups is 1. The number of esters is 1. The third-order valence-corrected chi connectivity index (χ3v) is 2.49. The van der Waals surface area contributed by atoms with Gasteiger partial charge < -0.3 is 14.7 Å². The van der Waals surface area contributed by atoms with Crippen molar-refractivity contribution < 1.29 is 19.4 Å². The van der Waals surface area contributed by atoms with Gasteiger partial charge in [0, 0.05) is 13.1 Å². The Morgan fingerprint density at radius 2 is 1.86 bits per heavy atom. The van der Waals surface area contributed by atoms with Crippen molar-refractivity contribution in [3.63, 3.8) is 0 Å². The molecule has 1 amide bonds. The third kappa shape index (κ3) is 2.45. The van der Waals surface area contributed by atoms with Gasteiger partial charge in [0.1, 0.15) is 0 Å². The lowest BCUT2D eigenvalue weighted by atomic mass is 9.94. The van der Waals surface area contributed by atoms with Gasteiger partial charge in [-0.05, 0) is 19.8 Å². The van der Waals surface area contributed by atoms with Crippen LogP contribution in [0.1, 0.15) is 19.8 Å². The molecule has 1 N–H and O–H groups in total. The zero-order valence-corrected chi connectivity index (χ0v) is 8.45. The highest BCUT2D eigenvalue weighted by Crippen LogP contribution is 2.20. The summed E-state index contributed by atoms with van der Waals surface area (Å²) in [6.07, 6.45) is 0.992. The van der Waals surface area contributed by atoms with Crippen LogP contribution in [0.25, 0.3) is 0 Å². The molecule has 14 heavy (non-hydrogen) atoms. The van der Waals surface area contributed by atoms with Crippen molar-refractivity contribution in [3.05, 3.63) is 0 Å². The van der Waals surface area contributed by atoms with Crippen LogP contribution >= 0.6 is 0 Å². The summed E-state index contributed by atoms with van der Waals surface area (Å²) in [6, 6.07) is 0. The van der Waals surface area contributed by atoms with Crippen LogP contribution in [0.3, 0.4) is 0 Å². The molecule has 1 fully saturated rings. The number of piperidine rings is 1. The monoisotopic (exact) mass is 201 g/mol. The molecule has 1 aliphatic heterocycles. The summed E-state index contributed by atoms with van der Waals surface area (Å²) < 4.78 is 4.32. The fourth-order valence-electron chi connectivity index (χ4n) is 1.41. The smallest absolute Gasteiger partial charge is 0.396 e. The molecule has 0 saturated carbocycles. The van der Waals surface area contributed by atoms with E-state index in [1.54, 1.807) is 6.92 Å². The summed E-state index contributed by atoms with van der Waals surface area (Å²) >= 11 is 0. The fourth-order valence-corrected chi connectivity index (χ4v) is 1.41. The van der Waals surface area contributed by atoms with Crippen LogP contribution in [0.5, 0.6) is 0 Å². The van der Waals surface area contributed by atoms with Crippen LogP contribution in [-0.2, 0) is 14.3 Å². The summed E-state index contributed by atoms with van der Waals surface area (Å²) in [5, 5.41) is 9.62. The van der Waals surface area contributed by atoms with E-state index in [1.807, 2.05) is 0 Å². The fraction of sp³-hybridized carbons (Fsp3) is 0.778. The Hall–Kier alpha value is -1.10. The molecule has 1 aliphatic rings. The van der Waals surface area contributed by atoms with Crippen molar-refractivity contribution in [2.45, 2.75) is 25.4 Å². The molecule has 0 bridgehead atoms. The first-order valence-corrected chi connectivity index (χ1v) is 4.56. The van der Waals surface area contributed by atoms with Crippen molar-refractivity contribution in [2.75, 3.05) is 20.2 Å². The van der Waals surface area contributed by atoms with Gasteiger partial charge in [0.25, 0.3) is 0 Å². The maximum Gasteiger partial charge on any atom is 0.396 e. The number of nitrogens with zero attached hydrogens (tertiary/aromatic N) is 1. The molecule has 0 aromatic heterocycles. The molecule has 0 aromatic rings. The van der Waals surface area contributed by atoms with Crippen molar-refractivity contribution in [1.82, 2.24) is 4.90 Å². The van der Waals surface area contributed by atoms with Gasteiger partial charge in [-0.1, -0.05) is 0 Å². The molecule has 1 heterocycles. The van der Waals surface area contributed by atoms with Crippen LogP contribution in [-0.4, -0.2) is 47.7 Å². The maximum atomic E-state index is 11.3. The highest BCUT2D eigenvalue weighted by atomic mass is 16.5. The second kappa shape index (κ2) is 3.96. The first-order valence-electron chi connectivity index (χ1n) is 4.56. The van der Waals surface area contributed by atoms with Gasteiger partial charge in [-0.3, -0.25) is 4.79 Å². The van der Waals surface area contributed by atoms with Crippen LogP contribution in [0.4, 0.5) is 0 Å². The topological polar surface area (TPSA) is 66.8 Å². The first kappa shape index (κ1) is 11.0. The van der Waals surface area contributed by atoms with Gasteiger partial charge in [-0.15, -0.1) is 0 Å². The highest BCUT2D eigenvalue weighted by Gasteiger charge is 2.32. The Balaban J connectivity index is 2.50. The molecule has 0 spiro atoms. The number of hydrogen-bond acceptors (Lipinski definition) is 4. The predicted molar refractivity (Wildman–Crippen MR) is 48.5 cm³/mol. The van der Waals surface area contributed by atoms with Crippen LogP contribution < -0.4 is 0 Å². The Kier molecular flexibility index (Phi) is 3.10. The zero-order valence-electron chi connectivity index (χ0n) is 8.45. The van der Waals surface area contributed by atoms with Crippen molar-refractivity contribution in [1.29, 1.82) is 0 Å². The number of likely N-dealkylation sites (tertiary alicyclic amines) is 1. The zero-order chi connectivity index (χ0) is 10.8. The number of rotatable bonds is 0. The Bertz CT molecular complexity index is 239. The number of carbonyl (C=O) groups excluding carboxylic acids is 2. The van der Waals surface area contributed by atoms with E-state index >= 15 is 0 Å². The van der Waals surface area contributed by atoms with E-state index in [9.17, 15) is 14.7 Å². The summed E-state index contributed by atoms with van der Waals surface area (Å²) in [5.74, 6) is -1.46. The molecule has 1 rings (SSSR count). The number of methoxy groups -OCH3 is 1. The standard InChI is InChI=1S/C9H15NO4/c1-9(13)3-5-10(6-4-9)7(11)8(12)14-2/h13H,3-6H2,1-2H3. The minimum absolute atomic E-state index is 0.404. The normalized spacial score (nSPS) is 20.4. The number of ether oxygens (including phenoxy) is 1. The summed E-state index contributed by atoms with van der Waals surface area (Å²) in [4.78, 5) is 23.6. The Morgan fingerprint density at radius 1 is 1.36 bits per heavy atom. The largest absolute Gasteiger partial charge is 0.462 e. The minimum Gasteiger partial charge on any atom is -0.462 e. The highest BCUT2D eigenvalue weighted by molar-refractivity contribution is 6.32. The molecule has 0 aromatic carbocycles. The molecular formula is C9H15NO4. The number of amides is 1. The van der Waals surface area contributed by atoms with Gasteiger partial charge in [0.2, 0.25) is 0 Å². The molecule has 5 heteroatoms. The molecule has 0 aliphatic carbocycles. The number of carbonyl (C=O) groups is 2. The maximum absolute atomic E-state index is 11.3. The molecule has 0 atom stereocenters. The van der Waals surface area contributed by atoms with E-state index in [4.69, 9.17) is 0 Å². The first-order chi connectivity index (χ1) is 6.46. The van der Waals surface area contributed by atoms with Crippen LogP contribution in [0.2, 0.25) is 0 Å². The van der Waals surface area contributed by atoms with Gasteiger partial charge in [0.15, 0.2) is 0 Å². The molecule has 1 saturated heterocycles. The molecular weight excluding hydrogens is 186 g/mol. The van der Waals surface area contributed by atoms with Gasteiger partial charge in [-0.2, -0.15) is 0 Å². The van der Waals surface area contributed by atoms with Crippen molar-refractivity contribution >= 4 is 11.9 Å². The second-order valence-corrected chi connectivity index (χ2v) is 3.78. The van der Waals surface area contributed by atoms with Gasteiger partial charge >= 0.3 is 11.9 Å². The molecule has 0 radical (unpaired) electrons. The lowest BCUT2D eigenvalue weighted by Crippen LogP contribution is -2.47. The molecule has 80 valence electrons.